The predicted molar refractivity (Wildman–Crippen MR) is 118 cm³/mol. The van der Waals surface area contributed by atoms with Crippen LogP contribution >= 0.6 is 11.9 Å². The van der Waals surface area contributed by atoms with Gasteiger partial charge in [0.15, 0.2) is 0 Å². The molecule has 2 aromatic rings. The highest BCUT2D eigenvalue weighted by molar-refractivity contribution is 8.00. The molecule has 1 spiro atoms. The van der Waals surface area contributed by atoms with Gasteiger partial charge in [0, 0.05) is 24.8 Å². The first-order valence-corrected chi connectivity index (χ1v) is 11.4. The number of ether oxygens (including phenoxy) is 1. The largest absolute Gasteiger partial charge is 0.488 e. The highest BCUT2D eigenvalue weighted by Crippen LogP contribution is 2.54. The van der Waals surface area contributed by atoms with Crippen LogP contribution in [-0.2, 0) is 10.2 Å². The normalized spacial score (nSPS) is 20.5. The lowest BCUT2D eigenvalue weighted by atomic mass is 9.65. The molecule has 30 heavy (non-hydrogen) atoms. The molecule has 1 saturated heterocycles. The number of rotatable bonds is 5. The number of fused-ring (bicyclic) bond motifs is 2. The van der Waals surface area contributed by atoms with Gasteiger partial charge >= 0.3 is 0 Å². The molecule has 2 aromatic carbocycles. The van der Waals surface area contributed by atoms with Gasteiger partial charge in [-0.2, -0.15) is 0 Å². The van der Waals surface area contributed by atoms with Crippen LogP contribution in [0.5, 0.6) is 5.75 Å². The highest BCUT2D eigenvalue weighted by Gasteiger charge is 2.52. The van der Waals surface area contributed by atoms with E-state index in [4.69, 9.17) is 4.74 Å². The van der Waals surface area contributed by atoms with Gasteiger partial charge in [0.25, 0.3) is 0 Å². The van der Waals surface area contributed by atoms with Gasteiger partial charge in [-0.3, -0.25) is 4.79 Å². The van der Waals surface area contributed by atoms with E-state index in [-0.39, 0.29) is 17.8 Å². The second-order valence-electron chi connectivity index (χ2n) is 8.54. The lowest BCUT2D eigenvalue weighted by molar-refractivity contribution is -0.123. The number of piperidine rings is 1. The molecule has 2 aliphatic heterocycles. The molecule has 7 heteroatoms. The Balaban J connectivity index is 1.44. The van der Waals surface area contributed by atoms with Crippen molar-refractivity contribution in [3.63, 3.8) is 0 Å². The van der Waals surface area contributed by atoms with Crippen molar-refractivity contribution in [3.8, 4) is 5.75 Å². The second kappa shape index (κ2) is 7.78. The summed E-state index contributed by atoms with van der Waals surface area (Å²) in [6.07, 6.45) is 4.85. The summed E-state index contributed by atoms with van der Waals surface area (Å²) in [4.78, 5) is 15.6. The zero-order valence-corrected chi connectivity index (χ0v) is 17.9. The van der Waals surface area contributed by atoms with Gasteiger partial charge in [0.1, 0.15) is 17.7 Å². The molecule has 1 aliphatic carbocycles. The Hall–Kier alpha value is -2.25. The number of halogens is 1. The van der Waals surface area contributed by atoms with Crippen molar-refractivity contribution >= 4 is 29.2 Å². The molecule has 0 atom stereocenters. The zero-order valence-electron chi connectivity index (χ0n) is 17.0. The smallest absolute Gasteiger partial charge is 0.235 e. The van der Waals surface area contributed by atoms with E-state index in [2.05, 4.69) is 22.0 Å². The Morgan fingerprint density at radius 2 is 2.00 bits per heavy atom. The van der Waals surface area contributed by atoms with Crippen molar-refractivity contribution < 1.29 is 13.9 Å². The van der Waals surface area contributed by atoms with Crippen LogP contribution in [0.4, 0.5) is 15.8 Å². The van der Waals surface area contributed by atoms with E-state index < -0.39 is 5.41 Å². The third kappa shape index (κ3) is 3.44. The maximum absolute atomic E-state index is 14.0. The molecule has 0 aromatic heterocycles. The number of amides is 1. The van der Waals surface area contributed by atoms with E-state index in [1.54, 1.807) is 12.1 Å². The molecule has 2 heterocycles. The maximum atomic E-state index is 14.0. The summed E-state index contributed by atoms with van der Waals surface area (Å²) in [6.45, 7) is 2.01. The number of anilines is 2. The van der Waals surface area contributed by atoms with E-state index in [9.17, 15) is 9.18 Å². The first kappa shape index (κ1) is 19.7. The lowest BCUT2D eigenvalue weighted by Crippen LogP contribution is -2.40. The molecule has 1 amide bonds. The summed E-state index contributed by atoms with van der Waals surface area (Å²) >= 11 is 1.23. The van der Waals surface area contributed by atoms with Crippen LogP contribution in [0.2, 0.25) is 0 Å². The van der Waals surface area contributed by atoms with Gasteiger partial charge in [-0.25, -0.2) is 4.39 Å². The van der Waals surface area contributed by atoms with Crippen LogP contribution in [0.15, 0.2) is 41.3 Å². The van der Waals surface area contributed by atoms with Crippen molar-refractivity contribution in [1.82, 2.24) is 4.90 Å². The second-order valence-corrected chi connectivity index (χ2v) is 9.39. The number of likely N-dealkylation sites (tertiary alicyclic amines) is 1. The number of hydrogen-bond donors (Lipinski definition) is 2. The van der Waals surface area contributed by atoms with Gasteiger partial charge in [-0.15, -0.1) is 0 Å². The van der Waals surface area contributed by atoms with Crippen molar-refractivity contribution in [1.29, 1.82) is 0 Å². The number of carbonyl (C=O) groups excluding carboxylic acids is 1. The van der Waals surface area contributed by atoms with Gasteiger partial charge in [-0.05, 0) is 68.4 Å². The van der Waals surface area contributed by atoms with Crippen LogP contribution in [0, 0.1) is 5.82 Å². The minimum absolute atomic E-state index is 0.0795. The zero-order chi connectivity index (χ0) is 20.7. The highest BCUT2D eigenvalue weighted by atomic mass is 32.2. The average Bonchev–Trinajstić information content (AvgIpc) is 3.01. The van der Waals surface area contributed by atoms with E-state index in [0.717, 1.165) is 67.9 Å². The summed E-state index contributed by atoms with van der Waals surface area (Å²) in [7, 11) is 2.12. The average molecular weight is 428 g/mol. The first-order valence-electron chi connectivity index (χ1n) is 10.6. The Labute approximate surface area is 180 Å². The lowest BCUT2D eigenvalue weighted by Gasteiger charge is -2.36. The van der Waals surface area contributed by atoms with E-state index in [1.165, 1.54) is 18.0 Å². The van der Waals surface area contributed by atoms with Crippen molar-refractivity contribution in [2.75, 3.05) is 30.2 Å². The third-order valence-electron chi connectivity index (χ3n) is 6.57. The molecule has 0 radical (unpaired) electrons. The molecule has 5 nitrogen and oxygen atoms in total. The van der Waals surface area contributed by atoms with Crippen LogP contribution in [0.1, 0.15) is 37.7 Å². The van der Waals surface area contributed by atoms with Gasteiger partial charge < -0.3 is 19.7 Å². The topological polar surface area (TPSA) is 53.6 Å². The molecule has 1 saturated carbocycles. The number of nitrogens with one attached hydrogen (secondary N) is 2. The maximum Gasteiger partial charge on any atom is 0.235 e. The fourth-order valence-electron chi connectivity index (χ4n) is 4.58. The van der Waals surface area contributed by atoms with Crippen molar-refractivity contribution in [2.45, 2.75) is 48.5 Å². The summed E-state index contributed by atoms with van der Waals surface area (Å²) in [5.74, 6) is 0.540. The minimum atomic E-state index is -0.430. The third-order valence-corrected chi connectivity index (χ3v) is 7.46. The van der Waals surface area contributed by atoms with Gasteiger partial charge in [0.2, 0.25) is 5.91 Å². The molecular weight excluding hydrogens is 401 g/mol. The standard InChI is InChI=1S/C23H26FN3O2S/c1-27-11-7-16(8-12-27)29-19-14-15(26-30-20-6-3-2-5-18(20)24)13-17-21(19)25-22(28)23(17)9-4-10-23/h2-3,5-6,13-14,16,26H,4,7-12H2,1H3,(H,25,28). The number of hydrogen-bond acceptors (Lipinski definition) is 5. The van der Waals surface area contributed by atoms with Gasteiger partial charge in [-0.1, -0.05) is 18.6 Å². The molecule has 2 fully saturated rings. The Morgan fingerprint density at radius 1 is 1.23 bits per heavy atom. The Morgan fingerprint density at radius 3 is 2.70 bits per heavy atom. The monoisotopic (exact) mass is 427 g/mol. The van der Waals surface area contributed by atoms with E-state index in [1.807, 2.05) is 18.2 Å². The van der Waals surface area contributed by atoms with Crippen molar-refractivity contribution in [3.05, 3.63) is 47.8 Å². The quantitative estimate of drug-likeness (QED) is 0.672. The number of nitrogens with zero attached hydrogens (tertiary/aromatic N) is 1. The first-order chi connectivity index (χ1) is 14.5. The number of carbonyl (C=O) groups is 1. The fourth-order valence-corrected chi connectivity index (χ4v) is 5.24. The van der Waals surface area contributed by atoms with Crippen LogP contribution in [-0.4, -0.2) is 37.0 Å². The van der Waals surface area contributed by atoms with E-state index >= 15 is 0 Å². The summed E-state index contributed by atoms with van der Waals surface area (Å²) in [5, 5.41) is 3.10. The summed E-state index contributed by atoms with van der Waals surface area (Å²) < 4.78 is 23.7. The van der Waals surface area contributed by atoms with Crippen molar-refractivity contribution in [2.24, 2.45) is 0 Å². The minimum Gasteiger partial charge on any atom is -0.488 e. The van der Waals surface area contributed by atoms with E-state index in [0.29, 0.717) is 4.90 Å². The van der Waals surface area contributed by atoms with Crippen LogP contribution in [0.3, 0.4) is 0 Å². The Bertz CT molecular complexity index is 971. The predicted octanol–water partition coefficient (Wildman–Crippen LogP) is 4.79. The molecule has 3 aliphatic rings. The molecule has 5 rings (SSSR count). The SMILES string of the molecule is CN1CCC(Oc2cc(NSc3ccccc3F)cc3c2NC(=O)C32CCC2)CC1. The van der Waals surface area contributed by atoms with Gasteiger partial charge in [0.05, 0.1) is 16.0 Å². The molecular formula is C23H26FN3O2S. The number of benzene rings is 2. The molecule has 158 valence electrons. The summed E-state index contributed by atoms with van der Waals surface area (Å²) in [6, 6.07) is 10.7. The molecule has 2 N–H and O–H groups in total. The van der Waals surface area contributed by atoms with Crippen LogP contribution in [0.25, 0.3) is 0 Å². The summed E-state index contributed by atoms with van der Waals surface area (Å²) in [5.41, 5.74) is 2.23. The fraction of sp³-hybridized carbons (Fsp3) is 0.435. The Kier molecular flexibility index (Phi) is 5.11. The molecule has 0 bridgehead atoms. The molecule has 0 unspecified atom stereocenters. The van der Waals surface area contributed by atoms with Crippen LogP contribution < -0.4 is 14.8 Å².